The predicted octanol–water partition coefficient (Wildman–Crippen LogP) is 1.59. The molecule has 0 aromatic carbocycles. The third-order valence-electron chi connectivity index (χ3n) is 1.93. The molecule has 0 saturated carbocycles. The van der Waals surface area contributed by atoms with Gasteiger partial charge in [0.15, 0.2) is 5.16 Å². The number of aromatic carboxylic acids is 1. The molecule has 18 heavy (non-hydrogen) atoms. The summed E-state index contributed by atoms with van der Waals surface area (Å²) in [5.41, 5.74) is 0.394. The van der Waals surface area contributed by atoms with Crippen molar-refractivity contribution >= 4 is 17.7 Å². The van der Waals surface area contributed by atoms with Gasteiger partial charge in [0.05, 0.1) is 5.56 Å². The average molecular weight is 258 g/mol. The molecule has 0 unspecified atom stereocenters. The number of carbonyl (C=O) groups is 1. The summed E-state index contributed by atoms with van der Waals surface area (Å²) in [6, 6.07) is 6.22. The van der Waals surface area contributed by atoms with E-state index in [1.165, 1.54) is 30.6 Å². The molecule has 0 atom stereocenters. The van der Waals surface area contributed by atoms with Crippen LogP contribution >= 0.6 is 11.8 Å². The third-order valence-corrected chi connectivity index (χ3v) is 2.74. The smallest absolute Gasteiger partial charge is 0.335 e. The minimum Gasteiger partial charge on any atom is -0.478 e. The van der Waals surface area contributed by atoms with E-state index in [0.717, 1.165) is 11.8 Å². The lowest BCUT2D eigenvalue weighted by Gasteiger charge is -2.00. The van der Waals surface area contributed by atoms with Crippen molar-refractivity contribution in [3.63, 3.8) is 0 Å². The Balaban J connectivity index is 2.26. The number of nitriles is 1. The fraction of sp³-hybridized carbons (Fsp3) is 0. The van der Waals surface area contributed by atoms with E-state index >= 15 is 0 Å². The van der Waals surface area contributed by atoms with Gasteiger partial charge in [0.1, 0.15) is 16.8 Å². The summed E-state index contributed by atoms with van der Waals surface area (Å²) in [5.74, 6) is -1.02. The lowest BCUT2D eigenvalue weighted by Crippen LogP contribution is -1.97. The second-order valence-electron chi connectivity index (χ2n) is 3.13. The van der Waals surface area contributed by atoms with Crippen molar-refractivity contribution in [3.8, 4) is 6.07 Å². The average Bonchev–Trinajstić information content (AvgIpc) is 2.39. The number of rotatable bonds is 3. The SMILES string of the molecule is N#Cc1ccnc(Sc2cc(C(=O)O)ccn2)n1. The van der Waals surface area contributed by atoms with Crippen molar-refractivity contribution in [2.75, 3.05) is 0 Å². The van der Waals surface area contributed by atoms with E-state index in [4.69, 9.17) is 10.4 Å². The summed E-state index contributed by atoms with van der Waals surface area (Å²) in [7, 11) is 0. The van der Waals surface area contributed by atoms with E-state index in [1.54, 1.807) is 0 Å². The number of hydrogen-bond donors (Lipinski definition) is 1. The largest absolute Gasteiger partial charge is 0.478 e. The van der Waals surface area contributed by atoms with Crippen LogP contribution in [-0.4, -0.2) is 26.0 Å². The Morgan fingerprint density at radius 1 is 1.33 bits per heavy atom. The molecule has 6 nitrogen and oxygen atoms in total. The zero-order chi connectivity index (χ0) is 13.0. The number of hydrogen-bond acceptors (Lipinski definition) is 6. The monoisotopic (exact) mass is 258 g/mol. The van der Waals surface area contributed by atoms with E-state index in [2.05, 4.69) is 15.0 Å². The summed E-state index contributed by atoms with van der Waals surface area (Å²) in [4.78, 5) is 22.7. The van der Waals surface area contributed by atoms with Crippen LogP contribution in [0, 0.1) is 11.3 Å². The van der Waals surface area contributed by atoms with Crippen molar-refractivity contribution < 1.29 is 9.90 Å². The van der Waals surface area contributed by atoms with Crippen LogP contribution in [0.25, 0.3) is 0 Å². The predicted molar refractivity (Wildman–Crippen MR) is 62.1 cm³/mol. The fourth-order valence-corrected chi connectivity index (χ4v) is 1.89. The zero-order valence-corrected chi connectivity index (χ0v) is 9.76. The van der Waals surface area contributed by atoms with Crippen molar-refractivity contribution in [1.82, 2.24) is 15.0 Å². The first-order valence-corrected chi connectivity index (χ1v) is 5.61. The normalized spacial score (nSPS) is 9.72. The molecule has 2 aromatic heterocycles. The van der Waals surface area contributed by atoms with Crippen molar-refractivity contribution in [1.29, 1.82) is 5.26 Å². The van der Waals surface area contributed by atoms with Gasteiger partial charge in [-0.15, -0.1) is 0 Å². The van der Waals surface area contributed by atoms with E-state index in [-0.39, 0.29) is 11.3 Å². The minimum absolute atomic E-state index is 0.143. The lowest BCUT2D eigenvalue weighted by atomic mass is 10.3. The van der Waals surface area contributed by atoms with Gasteiger partial charge < -0.3 is 5.11 Å². The molecule has 2 aromatic rings. The van der Waals surface area contributed by atoms with Crippen LogP contribution in [0.15, 0.2) is 40.8 Å². The maximum absolute atomic E-state index is 10.8. The molecular weight excluding hydrogens is 252 g/mol. The Kier molecular flexibility index (Phi) is 3.50. The Morgan fingerprint density at radius 3 is 2.83 bits per heavy atom. The third kappa shape index (κ3) is 2.81. The van der Waals surface area contributed by atoms with Gasteiger partial charge in [0, 0.05) is 12.4 Å². The molecule has 0 spiro atoms. The van der Waals surface area contributed by atoms with Crippen LogP contribution < -0.4 is 0 Å². The Hall–Kier alpha value is -2.46. The maximum atomic E-state index is 10.8. The number of aromatic nitrogens is 3. The van der Waals surface area contributed by atoms with Gasteiger partial charge in [-0.25, -0.2) is 19.7 Å². The lowest BCUT2D eigenvalue weighted by molar-refractivity contribution is 0.0696. The van der Waals surface area contributed by atoms with Gasteiger partial charge in [-0.1, -0.05) is 0 Å². The molecule has 0 fully saturated rings. The number of nitrogens with zero attached hydrogens (tertiary/aromatic N) is 4. The first-order chi connectivity index (χ1) is 8.69. The summed E-state index contributed by atoms with van der Waals surface area (Å²) < 4.78 is 0. The summed E-state index contributed by atoms with van der Waals surface area (Å²) in [6.45, 7) is 0. The molecule has 88 valence electrons. The number of pyridine rings is 1. The highest BCUT2D eigenvalue weighted by atomic mass is 32.2. The Bertz CT molecular complexity index is 639. The Labute approximate surface area is 106 Å². The summed E-state index contributed by atoms with van der Waals surface area (Å²) in [5, 5.41) is 18.4. The molecule has 0 bridgehead atoms. The van der Waals surface area contributed by atoms with Crippen LogP contribution in [-0.2, 0) is 0 Å². The highest BCUT2D eigenvalue weighted by molar-refractivity contribution is 7.99. The number of carboxylic acid groups (broad SMARTS) is 1. The Morgan fingerprint density at radius 2 is 2.11 bits per heavy atom. The minimum atomic E-state index is -1.02. The molecule has 7 heteroatoms. The van der Waals surface area contributed by atoms with Gasteiger partial charge >= 0.3 is 5.97 Å². The van der Waals surface area contributed by atoms with Crippen molar-refractivity contribution in [2.45, 2.75) is 10.2 Å². The van der Waals surface area contributed by atoms with Gasteiger partial charge in [-0.05, 0) is 30.0 Å². The molecule has 0 aliphatic heterocycles. The second-order valence-corrected chi connectivity index (χ2v) is 4.11. The highest BCUT2D eigenvalue weighted by Crippen LogP contribution is 2.22. The molecule has 0 radical (unpaired) electrons. The van der Waals surface area contributed by atoms with Crippen molar-refractivity contribution in [2.24, 2.45) is 0 Å². The molecular formula is C11H6N4O2S. The molecule has 2 rings (SSSR count). The fourth-order valence-electron chi connectivity index (χ4n) is 1.14. The van der Waals surface area contributed by atoms with Gasteiger partial charge in [0.2, 0.25) is 0 Å². The van der Waals surface area contributed by atoms with E-state index in [0.29, 0.717) is 10.2 Å². The summed E-state index contributed by atoms with van der Waals surface area (Å²) >= 11 is 1.10. The molecule has 0 aliphatic carbocycles. The second kappa shape index (κ2) is 5.25. The molecule has 0 amide bonds. The van der Waals surface area contributed by atoms with Crippen LogP contribution in [0.3, 0.4) is 0 Å². The number of carboxylic acids is 1. The topological polar surface area (TPSA) is 99.8 Å². The van der Waals surface area contributed by atoms with E-state index in [1.807, 2.05) is 6.07 Å². The first kappa shape index (κ1) is 12.0. The van der Waals surface area contributed by atoms with Gasteiger partial charge in [-0.2, -0.15) is 5.26 Å². The van der Waals surface area contributed by atoms with Gasteiger partial charge in [0.25, 0.3) is 0 Å². The zero-order valence-electron chi connectivity index (χ0n) is 8.94. The quantitative estimate of drug-likeness (QED) is 0.834. The first-order valence-electron chi connectivity index (χ1n) is 4.79. The molecule has 2 heterocycles. The molecule has 0 saturated heterocycles. The highest BCUT2D eigenvalue weighted by Gasteiger charge is 2.07. The van der Waals surface area contributed by atoms with E-state index in [9.17, 15) is 4.79 Å². The van der Waals surface area contributed by atoms with Crippen LogP contribution in [0.1, 0.15) is 16.1 Å². The molecule has 1 N–H and O–H groups in total. The van der Waals surface area contributed by atoms with Gasteiger partial charge in [-0.3, -0.25) is 0 Å². The summed E-state index contributed by atoms with van der Waals surface area (Å²) in [6.07, 6.45) is 2.87. The van der Waals surface area contributed by atoms with Crippen LogP contribution in [0.4, 0.5) is 0 Å². The van der Waals surface area contributed by atoms with E-state index < -0.39 is 5.97 Å². The standard InChI is InChI=1S/C11H6N4O2S/c12-6-8-2-4-14-11(15-8)18-9-5-7(10(16)17)1-3-13-9/h1-5H,(H,16,17). The van der Waals surface area contributed by atoms with Crippen molar-refractivity contribution in [3.05, 3.63) is 41.9 Å². The molecule has 0 aliphatic rings. The maximum Gasteiger partial charge on any atom is 0.335 e. The van der Waals surface area contributed by atoms with Crippen LogP contribution in [0.2, 0.25) is 0 Å². The van der Waals surface area contributed by atoms with Crippen LogP contribution in [0.5, 0.6) is 0 Å².